The Hall–Kier alpha value is -3.07. The number of aryl methyl sites for hydroxylation is 2. The van der Waals surface area contributed by atoms with Crippen LogP contribution in [0.15, 0.2) is 47.3 Å². The number of rotatable bonds is 6. The standard InChI is InChI=1S/C30H36ClN7O/c1-20-16-21(2)27-23(17-20)18-26(30(39)32-27)28(29-33-34-35-38(29)25-6-4-3-5-7-25)37-14-12-36(13-15-37)19-22-8-10-24(31)11-9-22/h8-11,16-18,25,28H,3-7,12-15,19H2,1-2H3,(H,32,39)/t28-/m0/s1. The molecule has 0 spiro atoms. The van der Waals surface area contributed by atoms with Gasteiger partial charge in [0.2, 0.25) is 0 Å². The minimum atomic E-state index is -0.312. The van der Waals surface area contributed by atoms with Crippen LogP contribution in [0, 0.1) is 13.8 Å². The zero-order valence-electron chi connectivity index (χ0n) is 22.7. The van der Waals surface area contributed by atoms with Crippen LogP contribution in [0.3, 0.4) is 0 Å². The van der Waals surface area contributed by atoms with E-state index in [0.29, 0.717) is 5.56 Å². The van der Waals surface area contributed by atoms with Gasteiger partial charge in [0.25, 0.3) is 5.56 Å². The molecule has 6 rings (SSSR count). The number of H-pyrrole nitrogens is 1. The van der Waals surface area contributed by atoms with Gasteiger partial charge in [0.15, 0.2) is 5.82 Å². The molecule has 1 saturated carbocycles. The van der Waals surface area contributed by atoms with E-state index in [2.05, 4.69) is 67.6 Å². The number of nitrogens with zero attached hydrogens (tertiary/aromatic N) is 6. The number of tetrazole rings is 1. The topological polar surface area (TPSA) is 82.9 Å². The fourth-order valence-corrected chi connectivity index (χ4v) is 6.53. The van der Waals surface area contributed by atoms with Gasteiger partial charge in [0, 0.05) is 43.3 Å². The number of halogens is 1. The van der Waals surface area contributed by atoms with Crippen molar-refractivity contribution in [2.45, 2.75) is 64.6 Å². The SMILES string of the molecule is Cc1cc(C)c2[nH]c(=O)c([C@@H](c3nnnn3C3CCCCC3)N3CCN(Cc4ccc(Cl)cc4)CC3)cc2c1. The fraction of sp³-hybridized carbons (Fsp3) is 0.467. The molecule has 39 heavy (non-hydrogen) atoms. The van der Waals surface area contributed by atoms with Gasteiger partial charge in [-0.05, 0) is 77.9 Å². The first-order chi connectivity index (χ1) is 19.0. The number of hydrogen-bond donors (Lipinski definition) is 1. The predicted octanol–water partition coefficient (Wildman–Crippen LogP) is 5.20. The minimum Gasteiger partial charge on any atom is -0.321 e. The predicted molar refractivity (Wildman–Crippen MR) is 154 cm³/mol. The summed E-state index contributed by atoms with van der Waals surface area (Å²) in [5.74, 6) is 0.780. The van der Waals surface area contributed by atoms with Crippen molar-refractivity contribution in [3.05, 3.63) is 85.9 Å². The van der Waals surface area contributed by atoms with E-state index >= 15 is 0 Å². The molecular formula is C30H36ClN7O. The third-order valence-corrected chi connectivity index (χ3v) is 8.64. The fourth-order valence-electron chi connectivity index (χ4n) is 6.40. The van der Waals surface area contributed by atoms with Crippen LogP contribution < -0.4 is 5.56 Å². The summed E-state index contributed by atoms with van der Waals surface area (Å²) in [4.78, 5) is 21.7. The second kappa shape index (κ2) is 11.2. The zero-order valence-corrected chi connectivity index (χ0v) is 23.5. The summed E-state index contributed by atoms with van der Waals surface area (Å²) in [6.07, 6.45) is 5.79. The average Bonchev–Trinajstić information content (AvgIpc) is 3.42. The lowest BCUT2D eigenvalue weighted by Gasteiger charge is -2.39. The Morgan fingerprint density at radius 1 is 1.00 bits per heavy atom. The summed E-state index contributed by atoms with van der Waals surface area (Å²) >= 11 is 6.08. The maximum absolute atomic E-state index is 13.7. The normalized spacial score (nSPS) is 18.5. The molecule has 0 unspecified atom stereocenters. The second-order valence-corrected chi connectivity index (χ2v) is 11.7. The molecule has 0 radical (unpaired) electrons. The molecular weight excluding hydrogens is 510 g/mol. The number of aromatic nitrogens is 5. The Balaban J connectivity index is 1.35. The molecule has 8 nitrogen and oxygen atoms in total. The lowest BCUT2D eigenvalue weighted by molar-refractivity contribution is 0.0982. The van der Waals surface area contributed by atoms with Gasteiger partial charge in [-0.15, -0.1) is 5.10 Å². The smallest absolute Gasteiger partial charge is 0.253 e. The van der Waals surface area contributed by atoms with Gasteiger partial charge < -0.3 is 4.98 Å². The third kappa shape index (κ3) is 5.51. The first kappa shape index (κ1) is 26.2. The molecule has 2 aromatic heterocycles. The van der Waals surface area contributed by atoms with E-state index in [1.807, 2.05) is 23.7 Å². The lowest BCUT2D eigenvalue weighted by atomic mass is 9.95. The van der Waals surface area contributed by atoms with Crippen molar-refractivity contribution in [1.82, 2.24) is 35.0 Å². The summed E-state index contributed by atoms with van der Waals surface area (Å²) in [7, 11) is 0. The number of piperazine rings is 1. The van der Waals surface area contributed by atoms with Gasteiger partial charge in [-0.2, -0.15) is 0 Å². The van der Waals surface area contributed by atoms with Gasteiger partial charge in [0.05, 0.1) is 11.6 Å². The number of nitrogens with one attached hydrogen (secondary N) is 1. The third-order valence-electron chi connectivity index (χ3n) is 8.39. The molecule has 0 amide bonds. The minimum absolute atomic E-state index is 0.0683. The van der Waals surface area contributed by atoms with E-state index in [9.17, 15) is 4.79 Å². The lowest BCUT2D eigenvalue weighted by Crippen LogP contribution is -2.48. The van der Waals surface area contributed by atoms with Crippen LogP contribution in [0.1, 0.15) is 72.3 Å². The Morgan fingerprint density at radius 3 is 2.49 bits per heavy atom. The quantitative estimate of drug-likeness (QED) is 0.359. The largest absolute Gasteiger partial charge is 0.321 e. The number of aromatic amines is 1. The van der Waals surface area contributed by atoms with E-state index in [1.165, 1.54) is 30.4 Å². The summed E-state index contributed by atoms with van der Waals surface area (Å²) in [6, 6.07) is 14.4. The van der Waals surface area contributed by atoms with Gasteiger partial charge >= 0.3 is 0 Å². The maximum atomic E-state index is 13.7. The summed E-state index contributed by atoms with van der Waals surface area (Å²) in [5, 5.41) is 15.0. The zero-order chi connectivity index (χ0) is 26.9. The summed E-state index contributed by atoms with van der Waals surface area (Å²) in [5.41, 5.74) is 5.05. The van der Waals surface area contributed by atoms with E-state index in [1.54, 1.807) is 0 Å². The molecule has 1 aliphatic heterocycles. The van der Waals surface area contributed by atoms with Crippen molar-refractivity contribution in [1.29, 1.82) is 0 Å². The van der Waals surface area contributed by atoms with Gasteiger partial charge in [0.1, 0.15) is 6.04 Å². The number of fused-ring (bicyclic) bond motifs is 1. The molecule has 1 atom stereocenters. The summed E-state index contributed by atoms with van der Waals surface area (Å²) < 4.78 is 2.02. The van der Waals surface area contributed by atoms with E-state index in [0.717, 1.165) is 72.9 Å². The molecule has 1 aliphatic carbocycles. The summed E-state index contributed by atoms with van der Waals surface area (Å²) in [6.45, 7) is 8.46. The van der Waals surface area contributed by atoms with Crippen molar-refractivity contribution in [3.8, 4) is 0 Å². The van der Waals surface area contributed by atoms with Crippen LogP contribution >= 0.6 is 11.6 Å². The van der Waals surface area contributed by atoms with Gasteiger partial charge in [-0.1, -0.05) is 54.6 Å². The van der Waals surface area contributed by atoms with Crippen molar-refractivity contribution < 1.29 is 0 Å². The highest BCUT2D eigenvalue weighted by Crippen LogP contribution is 2.34. The molecule has 2 aliphatic rings. The highest BCUT2D eigenvalue weighted by Gasteiger charge is 2.34. The highest BCUT2D eigenvalue weighted by molar-refractivity contribution is 6.30. The van der Waals surface area contributed by atoms with E-state index in [-0.39, 0.29) is 17.6 Å². The van der Waals surface area contributed by atoms with Crippen LogP contribution in [0.25, 0.3) is 10.9 Å². The van der Waals surface area contributed by atoms with Crippen LogP contribution in [-0.4, -0.2) is 61.2 Å². The average molecular weight is 546 g/mol. The number of pyridine rings is 1. The molecule has 0 bridgehead atoms. The molecule has 1 saturated heterocycles. The van der Waals surface area contributed by atoms with Crippen molar-refractivity contribution in [2.75, 3.05) is 26.2 Å². The van der Waals surface area contributed by atoms with Crippen LogP contribution in [0.2, 0.25) is 5.02 Å². The molecule has 1 N–H and O–H groups in total. The van der Waals surface area contributed by atoms with Gasteiger partial charge in [-0.3, -0.25) is 14.6 Å². The molecule has 2 aromatic carbocycles. The maximum Gasteiger partial charge on any atom is 0.253 e. The van der Waals surface area contributed by atoms with E-state index in [4.69, 9.17) is 11.6 Å². The van der Waals surface area contributed by atoms with Crippen molar-refractivity contribution in [3.63, 3.8) is 0 Å². The van der Waals surface area contributed by atoms with Crippen LogP contribution in [0.4, 0.5) is 0 Å². The second-order valence-electron chi connectivity index (χ2n) is 11.2. The number of benzene rings is 2. The molecule has 3 heterocycles. The number of hydrogen-bond acceptors (Lipinski definition) is 6. The molecule has 4 aromatic rings. The molecule has 9 heteroatoms. The molecule has 2 fully saturated rings. The van der Waals surface area contributed by atoms with E-state index < -0.39 is 0 Å². The van der Waals surface area contributed by atoms with Crippen LogP contribution in [-0.2, 0) is 6.54 Å². The monoisotopic (exact) mass is 545 g/mol. The Bertz CT molecular complexity index is 1500. The van der Waals surface area contributed by atoms with Crippen molar-refractivity contribution >= 4 is 22.5 Å². The first-order valence-corrected chi connectivity index (χ1v) is 14.5. The molecule has 204 valence electrons. The Labute approximate surface area is 234 Å². The highest BCUT2D eigenvalue weighted by atomic mass is 35.5. The van der Waals surface area contributed by atoms with Gasteiger partial charge in [-0.25, -0.2) is 4.68 Å². The first-order valence-electron chi connectivity index (χ1n) is 14.1. The van der Waals surface area contributed by atoms with Crippen LogP contribution in [0.5, 0.6) is 0 Å². The van der Waals surface area contributed by atoms with Crippen molar-refractivity contribution in [2.24, 2.45) is 0 Å². The Morgan fingerprint density at radius 2 is 1.74 bits per heavy atom. The Kier molecular flexibility index (Phi) is 7.51.